The van der Waals surface area contributed by atoms with E-state index < -0.39 is 47.0 Å². The minimum atomic E-state index is -6.24. The highest BCUT2D eigenvalue weighted by Gasteiger charge is 2.71. The third-order valence-electron chi connectivity index (χ3n) is 5.50. The average molecular weight is 513 g/mol. The molecule has 14 heteroatoms. The summed E-state index contributed by atoms with van der Waals surface area (Å²) in [5, 5.41) is 18.5. The molecule has 0 bridgehead atoms. The molecule has 34 heavy (non-hydrogen) atoms. The number of hydrogen-bond donors (Lipinski definition) is 1. The fourth-order valence-corrected chi connectivity index (χ4v) is 4.44. The fourth-order valence-electron chi connectivity index (χ4n) is 3.61. The highest BCUT2D eigenvalue weighted by molar-refractivity contribution is 7.13. The van der Waals surface area contributed by atoms with Gasteiger partial charge in [-0.1, -0.05) is 12.1 Å². The van der Waals surface area contributed by atoms with E-state index in [2.05, 4.69) is 11.1 Å². The number of benzene rings is 1. The van der Waals surface area contributed by atoms with Crippen molar-refractivity contribution in [3.05, 3.63) is 40.5 Å². The van der Waals surface area contributed by atoms with Gasteiger partial charge in [0.25, 0.3) is 17.9 Å². The second-order valence-corrected chi connectivity index (χ2v) is 8.39. The van der Waals surface area contributed by atoms with Gasteiger partial charge in [0, 0.05) is 35.7 Å². The van der Waals surface area contributed by atoms with Crippen molar-refractivity contribution in [1.29, 1.82) is 5.26 Å². The van der Waals surface area contributed by atoms with Crippen LogP contribution in [-0.2, 0) is 5.60 Å². The zero-order valence-electron chi connectivity index (χ0n) is 16.9. The first-order valence-electron chi connectivity index (χ1n) is 9.63. The molecule has 1 aromatic heterocycles. The SMILES string of the molecule is N#CC1CCN(C(=O)c2ncsc2-c2ccc(C(O)(C(F)(F)F)C(F)(F)F)cc2C(F)F)CC1. The summed E-state index contributed by atoms with van der Waals surface area (Å²) in [4.78, 5) is 17.9. The number of likely N-dealkylation sites (tertiary alicyclic amines) is 1. The molecule has 0 radical (unpaired) electrons. The quantitative estimate of drug-likeness (QED) is 0.553. The Morgan fingerprint density at radius 3 is 2.24 bits per heavy atom. The summed E-state index contributed by atoms with van der Waals surface area (Å²) in [7, 11) is 0. The molecule has 1 N–H and O–H groups in total. The molecule has 0 atom stereocenters. The molecule has 2 heterocycles. The second-order valence-electron chi connectivity index (χ2n) is 7.53. The van der Waals surface area contributed by atoms with E-state index in [0.29, 0.717) is 30.2 Å². The van der Waals surface area contributed by atoms with Crippen LogP contribution in [0.4, 0.5) is 35.1 Å². The van der Waals surface area contributed by atoms with Gasteiger partial charge >= 0.3 is 12.4 Å². The number of aliphatic hydroxyl groups is 1. The van der Waals surface area contributed by atoms with E-state index >= 15 is 0 Å². The largest absolute Gasteiger partial charge is 0.430 e. The zero-order chi connectivity index (χ0) is 25.5. The van der Waals surface area contributed by atoms with Gasteiger partial charge in [0.2, 0.25) is 0 Å². The minimum absolute atomic E-state index is 0.0621. The van der Waals surface area contributed by atoms with Crippen molar-refractivity contribution in [2.45, 2.75) is 37.2 Å². The lowest BCUT2D eigenvalue weighted by molar-refractivity contribution is -0.376. The van der Waals surface area contributed by atoms with Crippen LogP contribution < -0.4 is 0 Å². The first-order valence-corrected chi connectivity index (χ1v) is 10.5. The minimum Gasteiger partial charge on any atom is -0.369 e. The maximum atomic E-state index is 13.8. The van der Waals surface area contributed by atoms with Crippen LogP contribution in [0.15, 0.2) is 23.7 Å². The van der Waals surface area contributed by atoms with E-state index in [1.54, 1.807) is 0 Å². The van der Waals surface area contributed by atoms with Crippen molar-refractivity contribution in [2.75, 3.05) is 13.1 Å². The molecule has 1 aromatic carbocycles. The molecule has 0 saturated carbocycles. The van der Waals surface area contributed by atoms with Crippen LogP contribution in [0.1, 0.15) is 40.9 Å². The predicted octanol–water partition coefficient (Wildman–Crippen LogP) is 5.44. The van der Waals surface area contributed by atoms with Crippen LogP contribution in [0.3, 0.4) is 0 Å². The molecule has 1 fully saturated rings. The first-order chi connectivity index (χ1) is 15.7. The number of aromatic nitrogens is 1. The summed E-state index contributed by atoms with van der Waals surface area (Å²) in [6.07, 6.45) is -15.3. The molecule has 5 nitrogen and oxygen atoms in total. The Hall–Kier alpha value is -2.79. The lowest BCUT2D eigenvalue weighted by Crippen LogP contribution is -2.54. The molecular weight excluding hydrogens is 498 g/mol. The molecule has 184 valence electrons. The van der Waals surface area contributed by atoms with Crippen LogP contribution >= 0.6 is 11.3 Å². The van der Waals surface area contributed by atoms with Crippen molar-refractivity contribution >= 4 is 17.2 Å². The smallest absolute Gasteiger partial charge is 0.369 e. The van der Waals surface area contributed by atoms with Gasteiger partial charge in [0.05, 0.1) is 16.5 Å². The van der Waals surface area contributed by atoms with Crippen LogP contribution in [0.25, 0.3) is 10.4 Å². The van der Waals surface area contributed by atoms with Crippen LogP contribution in [-0.4, -0.2) is 46.3 Å². The summed E-state index contributed by atoms with van der Waals surface area (Å²) >= 11 is 0.705. The molecule has 0 unspecified atom stereocenters. The van der Waals surface area contributed by atoms with Gasteiger partial charge in [-0.05, 0) is 18.9 Å². The Morgan fingerprint density at radius 2 is 1.74 bits per heavy atom. The molecule has 0 aliphatic carbocycles. The molecule has 1 saturated heterocycles. The third-order valence-corrected chi connectivity index (χ3v) is 6.36. The Morgan fingerprint density at radius 1 is 1.15 bits per heavy atom. The molecular formula is C20H15F8N3O2S. The number of alkyl halides is 8. The standard InChI is InChI=1S/C20H15F8N3O2S/c21-16(22)13-7-11(18(33,19(23,24)25)20(26,27)28)1-2-12(13)15-14(30-9-34-15)17(32)31-5-3-10(8-29)4-6-31/h1-2,7,9-10,16,33H,3-6H2. The van der Waals surface area contributed by atoms with E-state index in [1.807, 2.05) is 0 Å². The molecule has 1 aliphatic heterocycles. The summed E-state index contributed by atoms with van der Waals surface area (Å²) < 4.78 is 107. The van der Waals surface area contributed by atoms with Crippen molar-refractivity contribution in [2.24, 2.45) is 5.92 Å². The normalized spacial score (nSPS) is 16.1. The molecule has 1 amide bonds. The summed E-state index contributed by atoms with van der Waals surface area (Å²) in [5.41, 5.74) is -8.08. The number of nitrogens with zero attached hydrogens (tertiary/aromatic N) is 3. The Balaban J connectivity index is 2.06. The van der Waals surface area contributed by atoms with Crippen LogP contribution in [0.5, 0.6) is 0 Å². The Bertz CT molecular complexity index is 1080. The molecule has 2 aromatic rings. The maximum absolute atomic E-state index is 13.8. The van der Waals surface area contributed by atoms with Gasteiger partial charge in [-0.15, -0.1) is 11.3 Å². The van der Waals surface area contributed by atoms with Crippen molar-refractivity contribution in [3.8, 4) is 16.5 Å². The van der Waals surface area contributed by atoms with Gasteiger partial charge in [0.15, 0.2) is 0 Å². The lowest BCUT2D eigenvalue weighted by atomic mass is 9.89. The maximum Gasteiger partial charge on any atom is 0.430 e. The van der Waals surface area contributed by atoms with Crippen LogP contribution in [0.2, 0.25) is 0 Å². The summed E-state index contributed by atoms with van der Waals surface area (Å²) in [6, 6.07) is 2.84. The lowest BCUT2D eigenvalue weighted by Gasteiger charge is -2.33. The van der Waals surface area contributed by atoms with Gasteiger partial charge in [-0.25, -0.2) is 13.8 Å². The number of halogens is 8. The number of rotatable bonds is 4. The molecule has 1 aliphatic rings. The van der Waals surface area contributed by atoms with E-state index in [9.17, 15) is 45.0 Å². The number of hydrogen-bond acceptors (Lipinski definition) is 5. The number of nitriles is 1. The summed E-state index contributed by atoms with van der Waals surface area (Å²) in [5.74, 6) is -0.919. The topological polar surface area (TPSA) is 77.2 Å². The molecule has 0 spiro atoms. The highest BCUT2D eigenvalue weighted by Crippen LogP contribution is 2.51. The zero-order valence-corrected chi connectivity index (χ0v) is 17.7. The number of carbonyl (C=O) groups is 1. The van der Waals surface area contributed by atoms with Gasteiger partial charge in [-0.2, -0.15) is 31.6 Å². The van der Waals surface area contributed by atoms with Gasteiger partial charge < -0.3 is 10.0 Å². The summed E-state index contributed by atoms with van der Waals surface area (Å²) in [6.45, 7) is 0.387. The second kappa shape index (κ2) is 9.10. The van der Waals surface area contributed by atoms with E-state index in [1.165, 1.54) is 4.90 Å². The third kappa shape index (κ3) is 4.46. The Kier molecular flexibility index (Phi) is 6.92. The van der Waals surface area contributed by atoms with E-state index in [4.69, 9.17) is 5.26 Å². The van der Waals surface area contributed by atoms with E-state index in [0.717, 1.165) is 5.51 Å². The average Bonchev–Trinajstić information content (AvgIpc) is 3.25. The van der Waals surface area contributed by atoms with Crippen molar-refractivity contribution in [3.63, 3.8) is 0 Å². The van der Waals surface area contributed by atoms with Gasteiger partial charge in [0.1, 0.15) is 5.69 Å². The number of piperidine rings is 1. The van der Waals surface area contributed by atoms with Gasteiger partial charge in [-0.3, -0.25) is 4.79 Å². The van der Waals surface area contributed by atoms with Crippen LogP contribution in [0, 0.1) is 17.2 Å². The predicted molar refractivity (Wildman–Crippen MR) is 103 cm³/mol. The Labute approximate surface area is 191 Å². The number of thiazole rings is 1. The number of amides is 1. The van der Waals surface area contributed by atoms with Crippen molar-refractivity contribution < 1.29 is 45.0 Å². The number of carbonyl (C=O) groups excluding carboxylic acids is 1. The van der Waals surface area contributed by atoms with Crippen molar-refractivity contribution in [1.82, 2.24) is 9.88 Å². The van der Waals surface area contributed by atoms with E-state index in [-0.39, 0.29) is 41.7 Å². The first kappa shape index (κ1) is 25.8. The highest BCUT2D eigenvalue weighted by atomic mass is 32.1. The molecule has 3 rings (SSSR count). The fraction of sp³-hybridized carbons (Fsp3) is 0.450. The monoisotopic (exact) mass is 513 g/mol.